The van der Waals surface area contributed by atoms with Crippen molar-refractivity contribution in [1.82, 2.24) is 9.97 Å². The normalized spacial score (nSPS) is 15.1. The standard InChI is InChI=1S/C22H23N3O2/c1-2-27-22(26)17-10-13-25(14-11-17)20-9-8-16-5-3-7-19(21(16)24-20)18-6-4-12-23-15-18/h3-9,12,15,17H,2,10-11,13-14H2,1H3. The van der Waals surface area contributed by atoms with Gasteiger partial charge in [-0.15, -0.1) is 0 Å². The first kappa shape index (κ1) is 17.5. The number of carbonyl (C=O) groups is 1. The molecule has 0 atom stereocenters. The van der Waals surface area contributed by atoms with Crippen molar-refractivity contribution >= 4 is 22.7 Å². The van der Waals surface area contributed by atoms with E-state index in [0.29, 0.717) is 6.61 Å². The van der Waals surface area contributed by atoms with Crippen LogP contribution in [0.4, 0.5) is 5.82 Å². The average Bonchev–Trinajstić information content (AvgIpc) is 2.74. The van der Waals surface area contributed by atoms with Gasteiger partial charge in [0, 0.05) is 42.0 Å². The van der Waals surface area contributed by atoms with Crippen molar-refractivity contribution in [2.75, 3.05) is 24.6 Å². The number of aromatic nitrogens is 2. The number of hydrogen-bond acceptors (Lipinski definition) is 5. The van der Waals surface area contributed by atoms with Crippen molar-refractivity contribution < 1.29 is 9.53 Å². The molecular weight excluding hydrogens is 338 g/mol. The molecule has 5 heteroatoms. The van der Waals surface area contributed by atoms with Crippen molar-refractivity contribution in [3.63, 3.8) is 0 Å². The number of benzene rings is 1. The van der Waals surface area contributed by atoms with E-state index < -0.39 is 0 Å². The van der Waals surface area contributed by atoms with Crippen LogP contribution in [0.1, 0.15) is 19.8 Å². The lowest BCUT2D eigenvalue weighted by Crippen LogP contribution is -2.37. The van der Waals surface area contributed by atoms with Crippen molar-refractivity contribution in [2.24, 2.45) is 5.92 Å². The smallest absolute Gasteiger partial charge is 0.309 e. The Hall–Kier alpha value is -2.95. The summed E-state index contributed by atoms with van der Waals surface area (Å²) in [5.41, 5.74) is 3.13. The molecule has 3 heterocycles. The maximum Gasteiger partial charge on any atom is 0.309 e. The van der Waals surface area contributed by atoms with Gasteiger partial charge in [0.2, 0.25) is 0 Å². The first-order chi connectivity index (χ1) is 13.3. The number of hydrogen-bond donors (Lipinski definition) is 0. The largest absolute Gasteiger partial charge is 0.466 e. The van der Waals surface area contributed by atoms with E-state index in [2.05, 4.69) is 46.3 Å². The molecule has 0 radical (unpaired) electrons. The molecule has 1 aliphatic heterocycles. The number of rotatable bonds is 4. The number of piperidine rings is 1. The maximum absolute atomic E-state index is 12.0. The predicted octanol–water partition coefficient (Wildman–Crippen LogP) is 4.08. The fourth-order valence-corrected chi connectivity index (χ4v) is 3.67. The number of pyridine rings is 2. The molecule has 138 valence electrons. The summed E-state index contributed by atoms with van der Waals surface area (Å²) in [6.45, 7) is 3.93. The molecule has 5 nitrogen and oxygen atoms in total. The topological polar surface area (TPSA) is 55.3 Å². The van der Waals surface area contributed by atoms with Gasteiger partial charge < -0.3 is 9.64 Å². The van der Waals surface area contributed by atoms with Crippen LogP contribution in [0.15, 0.2) is 54.9 Å². The molecule has 4 rings (SSSR count). The Labute approximate surface area is 159 Å². The molecule has 0 saturated carbocycles. The Morgan fingerprint density at radius 1 is 1.15 bits per heavy atom. The number of esters is 1. The molecular formula is C22H23N3O2. The molecule has 0 N–H and O–H groups in total. The van der Waals surface area contributed by atoms with Crippen molar-refractivity contribution in [3.05, 3.63) is 54.9 Å². The Morgan fingerprint density at radius 3 is 2.74 bits per heavy atom. The number of para-hydroxylation sites is 1. The van der Waals surface area contributed by atoms with E-state index in [4.69, 9.17) is 9.72 Å². The number of nitrogens with zero attached hydrogens (tertiary/aromatic N) is 3. The highest BCUT2D eigenvalue weighted by Gasteiger charge is 2.26. The van der Waals surface area contributed by atoms with Crippen LogP contribution in [0.3, 0.4) is 0 Å². The fourth-order valence-electron chi connectivity index (χ4n) is 3.67. The van der Waals surface area contributed by atoms with E-state index in [9.17, 15) is 4.79 Å². The highest BCUT2D eigenvalue weighted by Crippen LogP contribution is 2.30. The van der Waals surface area contributed by atoms with Gasteiger partial charge >= 0.3 is 5.97 Å². The SMILES string of the molecule is CCOC(=O)C1CCN(c2ccc3cccc(-c4cccnc4)c3n2)CC1. The Bertz CT molecular complexity index is 935. The lowest BCUT2D eigenvalue weighted by molar-refractivity contribution is -0.148. The van der Waals surface area contributed by atoms with Gasteiger partial charge in [0.25, 0.3) is 0 Å². The van der Waals surface area contributed by atoms with Crippen LogP contribution in [0, 0.1) is 5.92 Å². The van der Waals surface area contributed by atoms with Crippen LogP contribution in [0.5, 0.6) is 0 Å². The van der Waals surface area contributed by atoms with Crippen molar-refractivity contribution in [1.29, 1.82) is 0 Å². The number of anilines is 1. The predicted molar refractivity (Wildman–Crippen MR) is 107 cm³/mol. The summed E-state index contributed by atoms with van der Waals surface area (Å²) < 4.78 is 5.17. The molecule has 1 aromatic carbocycles. The van der Waals surface area contributed by atoms with Crippen LogP contribution in [0.2, 0.25) is 0 Å². The first-order valence-electron chi connectivity index (χ1n) is 9.48. The van der Waals surface area contributed by atoms with Gasteiger partial charge in [0.15, 0.2) is 0 Å². The average molecular weight is 361 g/mol. The van der Waals surface area contributed by atoms with Gasteiger partial charge in [0.05, 0.1) is 18.0 Å². The summed E-state index contributed by atoms with van der Waals surface area (Å²) in [7, 11) is 0. The second-order valence-corrected chi connectivity index (χ2v) is 6.80. The Kier molecular flexibility index (Phi) is 5.01. The summed E-state index contributed by atoms with van der Waals surface area (Å²) in [4.78, 5) is 23.4. The molecule has 1 aliphatic rings. The highest BCUT2D eigenvalue weighted by atomic mass is 16.5. The summed E-state index contributed by atoms with van der Waals surface area (Å²) in [6.07, 6.45) is 5.26. The van der Waals surface area contributed by atoms with Crippen LogP contribution < -0.4 is 4.90 Å². The van der Waals surface area contributed by atoms with Crippen molar-refractivity contribution in [2.45, 2.75) is 19.8 Å². The van der Waals surface area contributed by atoms with Gasteiger partial charge in [-0.2, -0.15) is 0 Å². The third-order valence-corrected chi connectivity index (χ3v) is 5.12. The number of carbonyl (C=O) groups excluding carboxylic acids is 1. The minimum absolute atomic E-state index is 0.00705. The van der Waals surface area contributed by atoms with Crippen LogP contribution >= 0.6 is 0 Å². The maximum atomic E-state index is 12.0. The van der Waals surface area contributed by atoms with Crippen molar-refractivity contribution in [3.8, 4) is 11.1 Å². The molecule has 0 amide bonds. The fraction of sp³-hybridized carbons (Fsp3) is 0.318. The minimum Gasteiger partial charge on any atom is -0.466 e. The zero-order chi connectivity index (χ0) is 18.6. The van der Waals surface area contributed by atoms with Gasteiger partial charge in [-0.25, -0.2) is 4.98 Å². The molecule has 27 heavy (non-hydrogen) atoms. The molecule has 0 spiro atoms. The minimum atomic E-state index is -0.0671. The zero-order valence-corrected chi connectivity index (χ0v) is 15.5. The summed E-state index contributed by atoms with van der Waals surface area (Å²) in [5, 5.41) is 1.11. The lowest BCUT2D eigenvalue weighted by Gasteiger charge is -2.31. The highest BCUT2D eigenvalue weighted by molar-refractivity contribution is 5.94. The monoisotopic (exact) mass is 361 g/mol. The second-order valence-electron chi connectivity index (χ2n) is 6.80. The van der Waals surface area contributed by atoms with E-state index in [0.717, 1.165) is 53.8 Å². The van der Waals surface area contributed by atoms with E-state index >= 15 is 0 Å². The number of fused-ring (bicyclic) bond motifs is 1. The molecule has 0 bridgehead atoms. The quantitative estimate of drug-likeness (QED) is 0.656. The third kappa shape index (κ3) is 3.63. The molecule has 1 fully saturated rings. The molecule has 0 aliphatic carbocycles. The zero-order valence-electron chi connectivity index (χ0n) is 15.5. The lowest BCUT2D eigenvalue weighted by atomic mass is 9.97. The van der Waals surface area contributed by atoms with E-state index in [1.807, 2.05) is 19.2 Å². The van der Waals surface area contributed by atoms with Gasteiger partial charge in [0.1, 0.15) is 5.82 Å². The number of ether oxygens (including phenoxy) is 1. The van der Waals surface area contributed by atoms with Gasteiger partial charge in [-0.05, 0) is 38.0 Å². The first-order valence-corrected chi connectivity index (χ1v) is 9.48. The second kappa shape index (κ2) is 7.74. The van der Waals surface area contributed by atoms with Crippen LogP contribution in [0.25, 0.3) is 22.0 Å². The Balaban J connectivity index is 1.60. The molecule has 2 aromatic heterocycles. The Morgan fingerprint density at radius 2 is 2.00 bits per heavy atom. The van der Waals surface area contributed by atoms with Gasteiger partial charge in [-0.3, -0.25) is 9.78 Å². The third-order valence-electron chi connectivity index (χ3n) is 5.12. The van der Waals surface area contributed by atoms with E-state index in [-0.39, 0.29) is 11.9 Å². The summed E-state index contributed by atoms with van der Waals surface area (Å²) in [5.74, 6) is 0.899. The van der Waals surface area contributed by atoms with Crippen LogP contribution in [-0.2, 0) is 9.53 Å². The molecule has 0 unspecified atom stereocenters. The van der Waals surface area contributed by atoms with E-state index in [1.54, 1.807) is 6.20 Å². The van der Waals surface area contributed by atoms with E-state index in [1.165, 1.54) is 0 Å². The molecule has 1 saturated heterocycles. The summed E-state index contributed by atoms with van der Waals surface area (Å²) >= 11 is 0. The summed E-state index contributed by atoms with van der Waals surface area (Å²) in [6, 6.07) is 14.4. The van der Waals surface area contributed by atoms with Crippen LogP contribution in [-0.4, -0.2) is 35.6 Å². The molecule has 3 aromatic rings. The van der Waals surface area contributed by atoms with Gasteiger partial charge in [-0.1, -0.05) is 24.3 Å².